The molecule has 0 fully saturated rings. The van der Waals surface area contributed by atoms with Crippen LogP contribution in [-0.2, 0) is 0 Å². The SMILES string of the molecule is CCCCC[C@@H](C)[C@@H](C)c1cc(O)c2c(c1)OC(C)(C)[C@@H]1CC=C(C)C[C@@H]21. The zero-order chi connectivity index (χ0) is 19.8. The Hall–Kier alpha value is -1.44. The predicted octanol–water partition coefficient (Wildman–Crippen LogP) is 7.32. The van der Waals surface area contributed by atoms with E-state index >= 15 is 0 Å². The molecule has 0 spiro atoms. The van der Waals surface area contributed by atoms with E-state index in [1.807, 2.05) is 6.07 Å². The van der Waals surface area contributed by atoms with Crippen LogP contribution in [0.25, 0.3) is 0 Å². The zero-order valence-corrected chi connectivity index (χ0v) is 18.1. The van der Waals surface area contributed by atoms with Crippen LogP contribution in [-0.4, -0.2) is 10.7 Å². The van der Waals surface area contributed by atoms with Crippen molar-refractivity contribution in [2.24, 2.45) is 11.8 Å². The summed E-state index contributed by atoms with van der Waals surface area (Å²) in [6.07, 6.45) is 9.52. The standard InChI is InChI=1S/C25H38O2/c1-7-8-9-10-17(3)18(4)19-14-22(26)24-20-13-16(2)11-12-21(20)25(5,6)27-23(24)15-19/h11,14-15,17-18,20-21,26H,7-10,12-13H2,1-6H3/t17-,18-,20-,21-/m1/s1. The molecule has 0 bridgehead atoms. The molecule has 1 aromatic rings. The van der Waals surface area contributed by atoms with Crippen molar-refractivity contribution in [1.29, 1.82) is 0 Å². The molecule has 150 valence electrons. The quantitative estimate of drug-likeness (QED) is 0.420. The second kappa shape index (κ2) is 7.89. The summed E-state index contributed by atoms with van der Waals surface area (Å²) in [5.41, 5.74) is 3.49. The van der Waals surface area contributed by atoms with Gasteiger partial charge in [-0.15, -0.1) is 0 Å². The van der Waals surface area contributed by atoms with Crippen LogP contribution in [0.15, 0.2) is 23.8 Å². The molecule has 0 aromatic heterocycles. The van der Waals surface area contributed by atoms with Crippen LogP contribution in [0.4, 0.5) is 0 Å². The molecule has 1 aliphatic carbocycles. The van der Waals surface area contributed by atoms with Crippen LogP contribution >= 0.6 is 0 Å². The highest BCUT2D eigenvalue weighted by Crippen LogP contribution is 2.54. The number of rotatable bonds is 6. The third kappa shape index (κ3) is 4.05. The smallest absolute Gasteiger partial charge is 0.127 e. The normalized spacial score (nSPS) is 25.6. The van der Waals surface area contributed by atoms with Gasteiger partial charge in [-0.3, -0.25) is 0 Å². The highest BCUT2D eigenvalue weighted by Gasteiger charge is 2.45. The van der Waals surface area contributed by atoms with E-state index in [-0.39, 0.29) is 5.60 Å². The summed E-state index contributed by atoms with van der Waals surface area (Å²) in [5, 5.41) is 11.0. The highest BCUT2D eigenvalue weighted by molar-refractivity contribution is 5.53. The fourth-order valence-electron chi connectivity index (χ4n) is 5.14. The summed E-state index contributed by atoms with van der Waals surface area (Å²) >= 11 is 0. The Balaban J connectivity index is 1.91. The molecule has 0 unspecified atom stereocenters. The van der Waals surface area contributed by atoms with Gasteiger partial charge in [0.15, 0.2) is 0 Å². The van der Waals surface area contributed by atoms with E-state index in [4.69, 9.17) is 4.74 Å². The van der Waals surface area contributed by atoms with Gasteiger partial charge in [-0.2, -0.15) is 0 Å². The molecule has 1 aliphatic heterocycles. The molecule has 2 nitrogen and oxygen atoms in total. The van der Waals surface area contributed by atoms with Gasteiger partial charge in [-0.05, 0) is 63.1 Å². The van der Waals surface area contributed by atoms with Crippen molar-refractivity contribution >= 4 is 0 Å². The fourth-order valence-corrected chi connectivity index (χ4v) is 5.14. The number of fused-ring (bicyclic) bond motifs is 3. The highest BCUT2D eigenvalue weighted by atomic mass is 16.5. The second-order valence-electron chi connectivity index (χ2n) is 9.62. The van der Waals surface area contributed by atoms with E-state index in [1.54, 1.807) is 0 Å². The van der Waals surface area contributed by atoms with Crippen molar-refractivity contribution in [3.05, 3.63) is 34.9 Å². The molecule has 1 aromatic carbocycles. The zero-order valence-electron chi connectivity index (χ0n) is 18.1. The summed E-state index contributed by atoms with van der Waals surface area (Å²) in [7, 11) is 0. The van der Waals surface area contributed by atoms with Crippen LogP contribution in [0.2, 0.25) is 0 Å². The molecule has 0 saturated heterocycles. The van der Waals surface area contributed by atoms with Crippen molar-refractivity contribution < 1.29 is 9.84 Å². The predicted molar refractivity (Wildman–Crippen MR) is 114 cm³/mol. The van der Waals surface area contributed by atoms with E-state index in [1.165, 1.54) is 36.8 Å². The van der Waals surface area contributed by atoms with Gasteiger partial charge < -0.3 is 9.84 Å². The third-order valence-corrected chi connectivity index (χ3v) is 7.17. The van der Waals surface area contributed by atoms with Gasteiger partial charge in [0.1, 0.15) is 17.1 Å². The number of hydrogen-bond donors (Lipinski definition) is 1. The Morgan fingerprint density at radius 2 is 1.96 bits per heavy atom. The van der Waals surface area contributed by atoms with Crippen LogP contribution in [0.5, 0.6) is 11.5 Å². The molecular weight excluding hydrogens is 332 g/mol. The monoisotopic (exact) mass is 370 g/mol. The number of phenolic OH excluding ortho intramolecular Hbond substituents is 1. The summed E-state index contributed by atoms with van der Waals surface area (Å²) in [4.78, 5) is 0. The average molecular weight is 371 g/mol. The molecule has 3 rings (SSSR count). The molecule has 2 aliphatic rings. The first kappa shape index (κ1) is 20.3. The number of benzene rings is 1. The second-order valence-corrected chi connectivity index (χ2v) is 9.62. The lowest BCUT2D eigenvalue weighted by atomic mass is 9.67. The van der Waals surface area contributed by atoms with Gasteiger partial charge in [0.05, 0.1) is 0 Å². The van der Waals surface area contributed by atoms with Crippen molar-refractivity contribution in [2.75, 3.05) is 0 Å². The molecule has 1 heterocycles. The van der Waals surface area contributed by atoms with Crippen LogP contribution in [0, 0.1) is 11.8 Å². The van der Waals surface area contributed by atoms with E-state index in [2.05, 4.69) is 53.7 Å². The first-order chi connectivity index (χ1) is 12.7. The maximum atomic E-state index is 11.0. The summed E-state index contributed by atoms with van der Waals surface area (Å²) in [6, 6.07) is 4.24. The fraction of sp³-hybridized carbons (Fsp3) is 0.680. The minimum atomic E-state index is -0.199. The number of allylic oxidation sites excluding steroid dienone is 2. The maximum absolute atomic E-state index is 11.0. The van der Waals surface area contributed by atoms with E-state index in [0.717, 1.165) is 24.2 Å². The molecule has 2 heteroatoms. The Bertz CT molecular complexity index is 701. The maximum Gasteiger partial charge on any atom is 0.127 e. The van der Waals surface area contributed by atoms with Gasteiger partial charge in [0.2, 0.25) is 0 Å². The molecule has 0 radical (unpaired) electrons. The van der Waals surface area contributed by atoms with Crippen molar-refractivity contribution in [1.82, 2.24) is 0 Å². The third-order valence-electron chi connectivity index (χ3n) is 7.17. The Morgan fingerprint density at radius 1 is 1.22 bits per heavy atom. The molecule has 27 heavy (non-hydrogen) atoms. The minimum Gasteiger partial charge on any atom is -0.508 e. The van der Waals surface area contributed by atoms with Crippen LogP contribution < -0.4 is 4.74 Å². The molecular formula is C25H38O2. The number of aromatic hydroxyl groups is 1. The lowest BCUT2D eigenvalue weighted by Gasteiger charge is -2.47. The van der Waals surface area contributed by atoms with Crippen molar-refractivity contribution in [3.63, 3.8) is 0 Å². The lowest BCUT2D eigenvalue weighted by Crippen LogP contribution is -2.45. The Kier molecular flexibility index (Phi) is 5.93. The van der Waals surface area contributed by atoms with Gasteiger partial charge in [0.25, 0.3) is 0 Å². The molecule has 0 amide bonds. The molecule has 1 N–H and O–H groups in total. The van der Waals surface area contributed by atoms with Gasteiger partial charge in [-0.1, -0.05) is 58.1 Å². The van der Waals surface area contributed by atoms with Gasteiger partial charge >= 0.3 is 0 Å². The largest absolute Gasteiger partial charge is 0.508 e. The molecule has 4 atom stereocenters. The Labute approximate surface area is 166 Å². The number of unbranched alkanes of at least 4 members (excludes halogenated alkanes) is 2. The first-order valence-corrected chi connectivity index (χ1v) is 11.0. The van der Waals surface area contributed by atoms with E-state index < -0.39 is 0 Å². The molecule has 0 saturated carbocycles. The first-order valence-electron chi connectivity index (χ1n) is 11.0. The minimum absolute atomic E-state index is 0.199. The lowest BCUT2D eigenvalue weighted by molar-refractivity contribution is 0.00747. The average Bonchev–Trinajstić information content (AvgIpc) is 2.59. The number of ether oxygens (including phenoxy) is 1. The summed E-state index contributed by atoms with van der Waals surface area (Å²) < 4.78 is 6.48. The summed E-state index contributed by atoms with van der Waals surface area (Å²) in [5.74, 6) is 3.18. The van der Waals surface area contributed by atoms with Gasteiger partial charge in [0, 0.05) is 17.4 Å². The topological polar surface area (TPSA) is 29.5 Å². The van der Waals surface area contributed by atoms with Gasteiger partial charge in [-0.25, -0.2) is 0 Å². The number of hydrogen-bond acceptors (Lipinski definition) is 2. The van der Waals surface area contributed by atoms with E-state index in [9.17, 15) is 5.11 Å². The van der Waals surface area contributed by atoms with Crippen molar-refractivity contribution in [3.8, 4) is 11.5 Å². The van der Waals surface area contributed by atoms with Crippen LogP contribution in [0.3, 0.4) is 0 Å². The van der Waals surface area contributed by atoms with Crippen LogP contribution in [0.1, 0.15) is 103 Å². The van der Waals surface area contributed by atoms with Crippen molar-refractivity contribution in [2.45, 2.75) is 97.5 Å². The summed E-state index contributed by atoms with van der Waals surface area (Å²) in [6.45, 7) is 13.5. The Morgan fingerprint density at radius 3 is 2.67 bits per heavy atom. The number of phenols is 1. The van der Waals surface area contributed by atoms with E-state index in [0.29, 0.717) is 29.4 Å².